The van der Waals surface area contributed by atoms with Crippen LogP contribution in [-0.2, 0) is 0 Å². The lowest BCUT2D eigenvalue weighted by Gasteiger charge is -1.69. The highest BCUT2D eigenvalue weighted by molar-refractivity contribution is 4.99. The van der Waals surface area contributed by atoms with E-state index < -0.39 is 5.09 Å². The number of hydrogen-bond donors (Lipinski definition) is 1. The molecule has 0 aromatic heterocycles. The summed E-state index contributed by atoms with van der Waals surface area (Å²) in [6.45, 7) is 0. The van der Waals surface area contributed by atoms with Crippen LogP contribution in [0.2, 0.25) is 0 Å². The fourth-order valence-corrected chi connectivity index (χ4v) is 0.385. The summed E-state index contributed by atoms with van der Waals surface area (Å²) < 4.78 is 0. The highest BCUT2D eigenvalue weighted by Gasteiger charge is 1.65. The van der Waals surface area contributed by atoms with Crippen LogP contribution in [0.15, 0.2) is 36.4 Å². The van der Waals surface area contributed by atoms with Crippen LogP contribution in [0.1, 0.15) is 0 Å². The maximum atomic E-state index is 8.36. The lowest BCUT2D eigenvalue weighted by atomic mass is 10.4. The van der Waals surface area contributed by atoms with Crippen LogP contribution >= 0.6 is 0 Å². The first-order valence-electron chi connectivity index (χ1n) is 2.77. The van der Waals surface area contributed by atoms with E-state index in [9.17, 15) is 0 Å². The number of benzene rings is 1. The molecule has 0 heterocycles. The Kier molecular flexibility index (Phi) is 12.1. The molecule has 12 heavy (non-hydrogen) atoms. The van der Waals surface area contributed by atoms with Crippen molar-refractivity contribution in [1.29, 1.82) is 10.8 Å². The van der Waals surface area contributed by atoms with Gasteiger partial charge in [0.05, 0.1) is 0 Å². The molecule has 0 spiro atoms. The minimum Gasteiger partial charge on any atom is -0.328 e. The number of nitrogens with zero attached hydrogens (tertiary/aromatic N) is 3. The molecule has 6 nitrogen and oxygen atoms in total. The van der Waals surface area contributed by atoms with Crippen LogP contribution in [0, 0.1) is 20.9 Å². The van der Waals surface area contributed by atoms with Gasteiger partial charge in [-0.1, -0.05) is 36.4 Å². The standard InChI is InChI=1S/C6H6.N2.HNO3/c1-2-4-6-5-3-1;1-2;2-1(3)4/h1-6H;;(H,2,3,4). The van der Waals surface area contributed by atoms with Gasteiger partial charge in [-0.3, -0.25) is 0 Å². The zero-order chi connectivity index (χ0) is 9.82. The molecular weight excluding hydrogens is 162 g/mol. The monoisotopic (exact) mass is 169 g/mol. The Bertz CT molecular complexity index is 181. The van der Waals surface area contributed by atoms with Crippen LogP contribution in [0.25, 0.3) is 0 Å². The first-order valence-corrected chi connectivity index (χ1v) is 2.77. The summed E-state index contributed by atoms with van der Waals surface area (Å²) in [5.41, 5.74) is 0. The average Bonchev–Trinajstić information content (AvgIpc) is 2.10. The molecule has 0 aliphatic rings. The van der Waals surface area contributed by atoms with Crippen molar-refractivity contribution in [3.8, 4) is 0 Å². The average molecular weight is 169 g/mol. The Morgan fingerprint density at radius 3 is 1.17 bits per heavy atom. The van der Waals surface area contributed by atoms with Gasteiger partial charge in [0.15, 0.2) is 0 Å². The SMILES string of the molecule is N#N.O=[N+]([O-])O.c1ccccc1. The normalized spacial score (nSPS) is 6.17. The molecule has 0 unspecified atom stereocenters. The van der Waals surface area contributed by atoms with E-state index in [2.05, 4.69) is 0 Å². The predicted molar refractivity (Wildman–Crippen MR) is 38.7 cm³/mol. The molecule has 0 aliphatic heterocycles. The molecule has 0 atom stereocenters. The summed E-state index contributed by atoms with van der Waals surface area (Å²) in [6, 6.07) is 12.0. The van der Waals surface area contributed by atoms with Crippen molar-refractivity contribution in [2.75, 3.05) is 0 Å². The predicted octanol–water partition coefficient (Wildman–Crippen LogP) is 1.37. The summed E-state index contributed by atoms with van der Waals surface area (Å²) >= 11 is 0. The highest BCUT2D eigenvalue weighted by Crippen LogP contribution is 1.79. The molecule has 0 saturated heterocycles. The molecular formula is C6H7N3O3. The van der Waals surface area contributed by atoms with Crippen molar-refractivity contribution in [3.63, 3.8) is 0 Å². The Labute approximate surface area is 68.6 Å². The summed E-state index contributed by atoms with van der Waals surface area (Å²) in [4.78, 5) is 8.36. The van der Waals surface area contributed by atoms with E-state index in [4.69, 9.17) is 26.1 Å². The summed E-state index contributed by atoms with van der Waals surface area (Å²) in [7, 11) is 0. The van der Waals surface area contributed by atoms with Gasteiger partial charge in [0.25, 0.3) is 5.09 Å². The van der Waals surface area contributed by atoms with E-state index >= 15 is 0 Å². The Morgan fingerprint density at radius 1 is 1.00 bits per heavy atom. The van der Waals surface area contributed by atoms with E-state index in [1.165, 1.54) is 0 Å². The van der Waals surface area contributed by atoms with Gasteiger partial charge in [-0.15, -0.1) is 10.1 Å². The van der Waals surface area contributed by atoms with Crippen LogP contribution in [-0.4, -0.2) is 10.3 Å². The summed E-state index contributed by atoms with van der Waals surface area (Å²) in [6.07, 6.45) is 0. The molecule has 0 amide bonds. The minimum atomic E-state index is -1.50. The zero-order valence-corrected chi connectivity index (χ0v) is 6.07. The van der Waals surface area contributed by atoms with E-state index in [-0.39, 0.29) is 0 Å². The minimum absolute atomic E-state index is 1.50. The quantitative estimate of drug-likeness (QED) is 0.358. The van der Waals surface area contributed by atoms with Gasteiger partial charge in [-0.25, -0.2) is 0 Å². The lowest BCUT2D eigenvalue weighted by Crippen LogP contribution is -1.81. The third-order valence-corrected chi connectivity index (χ3v) is 0.667. The van der Waals surface area contributed by atoms with Crippen molar-refractivity contribution in [1.82, 2.24) is 0 Å². The zero-order valence-electron chi connectivity index (χ0n) is 6.07. The van der Waals surface area contributed by atoms with Gasteiger partial charge in [0.2, 0.25) is 0 Å². The molecule has 1 aromatic rings. The fraction of sp³-hybridized carbons (Fsp3) is 0. The Balaban J connectivity index is 0. The van der Waals surface area contributed by atoms with Crippen LogP contribution in [0.5, 0.6) is 0 Å². The van der Waals surface area contributed by atoms with Crippen molar-refractivity contribution < 1.29 is 10.3 Å². The molecule has 1 N–H and O–H groups in total. The lowest BCUT2D eigenvalue weighted by molar-refractivity contribution is -0.742. The van der Waals surface area contributed by atoms with Crippen molar-refractivity contribution in [2.24, 2.45) is 0 Å². The largest absolute Gasteiger partial charge is 0.328 e. The van der Waals surface area contributed by atoms with Crippen molar-refractivity contribution >= 4 is 0 Å². The molecule has 0 radical (unpaired) electrons. The van der Waals surface area contributed by atoms with Gasteiger partial charge in [-0.05, 0) is 0 Å². The molecule has 0 aliphatic carbocycles. The second-order valence-corrected chi connectivity index (χ2v) is 1.39. The maximum absolute atomic E-state index is 8.36. The third kappa shape index (κ3) is 24.9. The molecule has 0 bridgehead atoms. The van der Waals surface area contributed by atoms with Gasteiger partial charge in [0.1, 0.15) is 0 Å². The van der Waals surface area contributed by atoms with Gasteiger partial charge in [-0.2, -0.15) is 0 Å². The molecule has 1 aromatic carbocycles. The molecule has 0 saturated carbocycles. The highest BCUT2D eigenvalue weighted by atomic mass is 16.9. The van der Waals surface area contributed by atoms with E-state index in [1.807, 2.05) is 36.4 Å². The van der Waals surface area contributed by atoms with E-state index in [1.54, 1.807) is 0 Å². The molecule has 0 fully saturated rings. The van der Waals surface area contributed by atoms with Crippen LogP contribution < -0.4 is 0 Å². The van der Waals surface area contributed by atoms with Crippen molar-refractivity contribution in [2.45, 2.75) is 0 Å². The number of rotatable bonds is 0. The van der Waals surface area contributed by atoms with Gasteiger partial charge >= 0.3 is 0 Å². The van der Waals surface area contributed by atoms with Crippen LogP contribution in [0.4, 0.5) is 0 Å². The van der Waals surface area contributed by atoms with Crippen molar-refractivity contribution in [3.05, 3.63) is 46.5 Å². The van der Waals surface area contributed by atoms with Gasteiger partial charge < -0.3 is 5.21 Å². The Morgan fingerprint density at radius 2 is 1.08 bits per heavy atom. The third-order valence-electron chi connectivity index (χ3n) is 0.667. The smallest absolute Gasteiger partial charge is 0.291 e. The van der Waals surface area contributed by atoms with E-state index in [0.717, 1.165) is 0 Å². The fourth-order valence-electron chi connectivity index (χ4n) is 0.385. The first-order chi connectivity index (χ1) is 5.73. The molecule has 6 heteroatoms. The maximum Gasteiger partial charge on any atom is 0.291 e. The second kappa shape index (κ2) is 11.6. The number of hydrogen-bond acceptors (Lipinski definition) is 4. The summed E-state index contributed by atoms with van der Waals surface area (Å²) in [5, 5.41) is 25.6. The molecule has 1 rings (SSSR count). The first kappa shape index (κ1) is 12.5. The summed E-state index contributed by atoms with van der Waals surface area (Å²) in [5.74, 6) is 0. The molecule has 64 valence electrons. The van der Waals surface area contributed by atoms with Crippen LogP contribution in [0.3, 0.4) is 0 Å². The van der Waals surface area contributed by atoms with E-state index in [0.29, 0.717) is 0 Å². The van der Waals surface area contributed by atoms with Gasteiger partial charge in [0, 0.05) is 10.8 Å². The second-order valence-electron chi connectivity index (χ2n) is 1.39. The Hall–Kier alpha value is -2.16. The topological polar surface area (TPSA) is 111 Å².